The topological polar surface area (TPSA) is 60.9 Å². The molecule has 6 rings (SSSR count). The molecule has 1 N–H and O–H groups in total. The quantitative estimate of drug-likeness (QED) is 0.0929. The molecule has 4 fully saturated rings. The fourth-order valence-corrected chi connectivity index (χ4v) is 8.98. The van der Waals surface area contributed by atoms with Gasteiger partial charge in [-0.1, -0.05) is 76.6 Å². The van der Waals surface area contributed by atoms with E-state index in [0.717, 1.165) is 101 Å². The van der Waals surface area contributed by atoms with Crippen LogP contribution in [0.4, 0.5) is 0 Å². The molecule has 0 aliphatic carbocycles. The molecule has 0 bridgehead atoms. The molecule has 9 heteroatoms. The minimum Gasteiger partial charge on any atom is -0.494 e. The fraction of sp³-hybridized carbons (Fsp3) is 0.760. The van der Waals surface area contributed by atoms with Gasteiger partial charge in [0.2, 0.25) is 0 Å². The molecular weight excluding hydrogens is 756 g/mol. The molecule has 4 saturated heterocycles. The number of piperidine rings is 4. The lowest BCUT2D eigenvalue weighted by Gasteiger charge is -2.27. The molecular formula is C50H85ClN4O4. The van der Waals surface area contributed by atoms with Crippen LogP contribution in [0, 0.1) is 0 Å². The molecule has 2 atom stereocenters. The van der Waals surface area contributed by atoms with E-state index in [0.29, 0.717) is 0 Å². The average Bonchev–Trinajstić information content (AvgIpc) is 3.29. The van der Waals surface area contributed by atoms with Crippen molar-refractivity contribution < 1.29 is 19.3 Å². The zero-order chi connectivity index (χ0) is 41.6. The van der Waals surface area contributed by atoms with E-state index >= 15 is 0 Å². The molecule has 2 unspecified atom stereocenters. The lowest BCUT2D eigenvalue weighted by molar-refractivity contribution is 0.0282. The third-order valence-corrected chi connectivity index (χ3v) is 12.5. The second-order valence-corrected chi connectivity index (χ2v) is 17.7. The fourth-order valence-electron chi connectivity index (χ4n) is 8.75. The number of halogens is 1. The Morgan fingerprint density at radius 3 is 1.29 bits per heavy atom. The Kier molecular flexibility index (Phi) is 26.9. The highest BCUT2D eigenvalue weighted by Gasteiger charge is 2.15. The molecule has 4 aliphatic heterocycles. The van der Waals surface area contributed by atoms with Crippen LogP contribution in [0.25, 0.3) is 0 Å². The number of aliphatic hydroxyl groups excluding tert-OH is 1. The Hall–Kier alpha value is -1.91. The van der Waals surface area contributed by atoms with Crippen molar-refractivity contribution in [3.63, 3.8) is 0 Å². The molecule has 59 heavy (non-hydrogen) atoms. The van der Waals surface area contributed by atoms with E-state index < -0.39 is 0 Å². The first-order valence-corrected chi connectivity index (χ1v) is 24.8. The van der Waals surface area contributed by atoms with E-state index in [4.69, 9.17) is 25.8 Å². The van der Waals surface area contributed by atoms with E-state index in [-0.39, 0.29) is 12.2 Å². The molecule has 0 aromatic heterocycles. The normalized spacial score (nSPS) is 19.5. The van der Waals surface area contributed by atoms with Gasteiger partial charge in [-0.3, -0.25) is 0 Å². The Bertz CT molecular complexity index is 1260. The van der Waals surface area contributed by atoms with Crippen molar-refractivity contribution in [1.82, 2.24) is 19.6 Å². The lowest BCUT2D eigenvalue weighted by Crippen LogP contribution is -2.33. The standard InChI is InChI=1S/C25H42N2O2.C18H29NO2.C7H14ClN/c1-2-10-25(29-22-20-27-17-7-4-8-18-27)23-11-13-24(14-12-23)28-21-9-19-26-15-5-3-6-16-26;1-2-7-18(20)16-8-10-17(11-9-16)21-15-6-14-19-12-4-3-5-13-19;8-4-7-9-5-2-1-3-6-9/h11-14,25H,2-10,15-22H2,1H3;8-11,18,20H,2-7,12-15H2,1H3;1-7H2. The number of benzene rings is 2. The van der Waals surface area contributed by atoms with Crippen molar-refractivity contribution in [3.8, 4) is 11.5 Å². The second kappa shape index (κ2) is 31.9. The SMILES string of the molecule is CCCC(O)c1ccc(OCCCN2CCCCC2)cc1.CCCC(OCCN1CCCCC1)c1ccc(OCCCN2CCCCC2)cc1.ClCCN1CCCCC1. The van der Waals surface area contributed by atoms with Gasteiger partial charge in [0, 0.05) is 32.1 Å². The van der Waals surface area contributed by atoms with Crippen LogP contribution in [-0.4, -0.2) is 129 Å². The van der Waals surface area contributed by atoms with Crippen molar-refractivity contribution in [2.45, 2.75) is 142 Å². The minimum atomic E-state index is -0.344. The zero-order valence-corrected chi connectivity index (χ0v) is 38.4. The Balaban J connectivity index is 0.000000222. The van der Waals surface area contributed by atoms with Gasteiger partial charge >= 0.3 is 0 Å². The number of hydrogen-bond donors (Lipinski definition) is 1. The van der Waals surface area contributed by atoms with Crippen LogP contribution in [0.1, 0.15) is 153 Å². The van der Waals surface area contributed by atoms with E-state index in [9.17, 15) is 5.11 Å². The molecule has 4 aliphatic rings. The number of likely N-dealkylation sites (tertiary alicyclic amines) is 4. The number of aliphatic hydroxyl groups is 1. The Morgan fingerprint density at radius 1 is 0.492 bits per heavy atom. The van der Waals surface area contributed by atoms with Crippen molar-refractivity contribution in [3.05, 3.63) is 59.7 Å². The highest BCUT2D eigenvalue weighted by molar-refractivity contribution is 6.18. The third kappa shape index (κ3) is 21.6. The van der Waals surface area contributed by atoms with Gasteiger partial charge in [-0.2, -0.15) is 0 Å². The maximum atomic E-state index is 9.92. The van der Waals surface area contributed by atoms with Crippen LogP contribution in [0.3, 0.4) is 0 Å². The average molecular weight is 842 g/mol. The molecule has 2 aromatic carbocycles. The summed E-state index contributed by atoms with van der Waals surface area (Å²) in [5, 5.41) is 9.92. The van der Waals surface area contributed by atoms with Crippen LogP contribution in [-0.2, 0) is 4.74 Å². The van der Waals surface area contributed by atoms with Gasteiger partial charge in [0.1, 0.15) is 11.5 Å². The molecule has 2 aromatic rings. The summed E-state index contributed by atoms with van der Waals surface area (Å²) in [6, 6.07) is 16.5. The first-order chi connectivity index (χ1) is 29.1. The lowest BCUT2D eigenvalue weighted by atomic mass is 10.0. The number of rotatable bonds is 22. The van der Waals surface area contributed by atoms with E-state index in [1.165, 1.54) is 142 Å². The van der Waals surface area contributed by atoms with Crippen LogP contribution in [0.2, 0.25) is 0 Å². The summed E-state index contributed by atoms with van der Waals surface area (Å²) in [4.78, 5) is 10.1. The summed E-state index contributed by atoms with van der Waals surface area (Å²) in [7, 11) is 0. The molecule has 0 spiro atoms. The van der Waals surface area contributed by atoms with E-state index in [2.05, 4.69) is 57.7 Å². The highest BCUT2D eigenvalue weighted by Crippen LogP contribution is 2.26. The molecule has 8 nitrogen and oxygen atoms in total. The van der Waals surface area contributed by atoms with E-state index in [1.54, 1.807) is 0 Å². The third-order valence-electron chi connectivity index (χ3n) is 12.3. The van der Waals surface area contributed by atoms with Gasteiger partial charge in [0.25, 0.3) is 0 Å². The van der Waals surface area contributed by atoms with Gasteiger partial charge in [-0.05, 0) is 165 Å². The number of ether oxygens (including phenoxy) is 3. The van der Waals surface area contributed by atoms with Crippen molar-refractivity contribution in [1.29, 1.82) is 0 Å². The number of hydrogen-bond acceptors (Lipinski definition) is 8. The molecule has 0 saturated carbocycles. The monoisotopic (exact) mass is 841 g/mol. The van der Waals surface area contributed by atoms with Gasteiger partial charge < -0.3 is 38.9 Å². The predicted molar refractivity (Wildman–Crippen MR) is 248 cm³/mol. The summed E-state index contributed by atoms with van der Waals surface area (Å²) in [6.07, 6.45) is 22.5. The maximum Gasteiger partial charge on any atom is 0.119 e. The Labute approximate surface area is 366 Å². The molecule has 336 valence electrons. The molecule has 4 heterocycles. The summed E-state index contributed by atoms with van der Waals surface area (Å²) >= 11 is 5.59. The van der Waals surface area contributed by atoms with Gasteiger partial charge in [-0.15, -0.1) is 11.6 Å². The zero-order valence-electron chi connectivity index (χ0n) is 37.7. The number of nitrogens with zero attached hydrogens (tertiary/aromatic N) is 4. The first-order valence-electron chi connectivity index (χ1n) is 24.3. The van der Waals surface area contributed by atoms with Crippen molar-refractivity contribution in [2.24, 2.45) is 0 Å². The van der Waals surface area contributed by atoms with Gasteiger partial charge in [-0.25, -0.2) is 0 Å². The smallest absolute Gasteiger partial charge is 0.119 e. The van der Waals surface area contributed by atoms with Crippen LogP contribution < -0.4 is 9.47 Å². The van der Waals surface area contributed by atoms with E-state index in [1.807, 2.05) is 24.3 Å². The summed E-state index contributed by atoms with van der Waals surface area (Å²) in [5.74, 6) is 2.68. The van der Waals surface area contributed by atoms with Gasteiger partial charge in [0.05, 0.1) is 32.0 Å². The van der Waals surface area contributed by atoms with Crippen LogP contribution >= 0.6 is 11.6 Å². The predicted octanol–water partition coefficient (Wildman–Crippen LogP) is 10.8. The van der Waals surface area contributed by atoms with Crippen LogP contribution in [0.5, 0.6) is 11.5 Å². The largest absolute Gasteiger partial charge is 0.494 e. The molecule has 0 radical (unpaired) electrons. The van der Waals surface area contributed by atoms with Crippen molar-refractivity contribution >= 4 is 11.6 Å². The first kappa shape index (κ1) is 49.7. The second-order valence-electron chi connectivity index (χ2n) is 17.3. The Morgan fingerprint density at radius 2 is 0.881 bits per heavy atom. The minimum absolute atomic E-state index is 0.206. The van der Waals surface area contributed by atoms with Crippen LogP contribution in [0.15, 0.2) is 48.5 Å². The summed E-state index contributed by atoms with van der Waals surface area (Å²) < 4.78 is 18.1. The van der Waals surface area contributed by atoms with Gasteiger partial charge in [0.15, 0.2) is 0 Å². The summed E-state index contributed by atoms with van der Waals surface area (Å²) in [6.45, 7) is 21.3. The summed E-state index contributed by atoms with van der Waals surface area (Å²) in [5.41, 5.74) is 2.27. The number of alkyl halides is 1. The molecule has 0 amide bonds. The van der Waals surface area contributed by atoms with Crippen molar-refractivity contribution in [2.75, 3.05) is 104 Å². The maximum absolute atomic E-state index is 9.92. The highest BCUT2D eigenvalue weighted by atomic mass is 35.5.